The number of carbonyl (C=O) groups is 1. The number of benzene rings is 2. The molecule has 3 rings (SSSR count). The number of rotatable bonds is 6. The van der Waals surface area contributed by atoms with E-state index >= 15 is 0 Å². The molecule has 122 valence electrons. The second kappa shape index (κ2) is 7.46. The molecule has 0 atom stereocenters. The van der Waals surface area contributed by atoms with Crippen LogP contribution < -0.4 is 10.1 Å². The summed E-state index contributed by atoms with van der Waals surface area (Å²) < 4.78 is 7.28. The van der Waals surface area contributed by atoms with Crippen LogP contribution in [-0.2, 0) is 6.54 Å². The van der Waals surface area contributed by atoms with E-state index < -0.39 is 0 Å². The Balaban J connectivity index is 1.78. The lowest BCUT2D eigenvalue weighted by atomic mass is 10.2. The van der Waals surface area contributed by atoms with Crippen LogP contribution in [0.25, 0.3) is 0 Å². The van der Waals surface area contributed by atoms with E-state index in [0.717, 1.165) is 5.56 Å². The van der Waals surface area contributed by atoms with E-state index in [1.54, 1.807) is 29.1 Å². The summed E-state index contributed by atoms with van der Waals surface area (Å²) in [5.74, 6) is 1.01. The van der Waals surface area contributed by atoms with Gasteiger partial charge in [-0.1, -0.05) is 42.5 Å². The summed E-state index contributed by atoms with van der Waals surface area (Å²) in [5.41, 5.74) is 1.62. The van der Waals surface area contributed by atoms with Crippen molar-refractivity contribution in [3.8, 4) is 5.75 Å². The van der Waals surface area contributed by atoms with E-state index in [2.05, 4.69) is 10.4 Å². The van der Waals surface area contributed by atoms with Gasteiger partial charge in [-0.05, 0) is 24.6 Å². The second-order valence-corrected chi connectivity index (χ2v) is 5.24. The molecule has 3 aromatic rings. The van der Waals surface area contributed by atoms with Crippen LogP contribution in [0, 0.1) is 0 Å². The maximum Gasteiger partial charge on any atom is 0.260 e. The SMILES string of the molecule is CCOc1ccccc1C(=O)Nc1ccnn1Cc1ccccc1. The first-order valence-corrected chi connectivity index (χ1v) is 7.87. The molecule has 0 aliphatic rings. The van der Waals surface area contributed by atoms with Gasteiger partial charge >= 0.3 is 0 Å². The van der Waals surface area contributed by atoms with Gasteiger partial charge in [0.2, 0.25) is 0 Å². The van der Waals surface area contributed by atoms with E-state index in [0.29, 0.717) is 30.3 Å². The highest BCUT2D eigenvalue weighted by atomic mass is 16.5. The smallest absolute Gasteiger partial charge is 0.260 e. The normalized spacial score (nSPS) is 10.4. The molecule has 0 fully saturated rings. The van der Waals surface area contributed by atoms with Gasteiger partial charge in [0.15, 0.2) is 0 Å². The van der Waals surface area contributed by atoms with Crippen molar-refractivity contribution in [1.29, 1.82) is 0 Å². The van der Waals surface area contributed by atoms with Crippen LogP contribution in [0.5, 0.6) is 5.75 Å². The minimum Gasteiger partial charge on any atom is -0.493 e. The third kappa shape index (κ3) is 3.63. The van der Waals surface area contributed by atoms with Crippen LogP contribution in [0.1, 0.15) is 22.8 Å². The second-order valence-electron chi connectivity index (χ2n) is 5.24. The van der Waals surface area contributed by atoms with Crippen molar-refractivity contribution in [3.05, 3.63) is 78.0 Å². The highest BCUT2D eigenvalue weighted by Crippen LogP contribution is 2.20. The zero-order valence-electron chi connectivity index (χ0n) is 13.5. The summed E-state index contributed by atoms with van der Waals surface area (Å²) in [6, 6.07) is 19.0. The Morgan fingerprint density at radius 2 is 1.83 bits per heavy atom. The van der Waals surface area contributed by atoms with Gasteiger partial charge in [0.05, 0.1) is 24.9 Å². The molecule has 0 radical (unpaired) electrons. The number of carbonyl (C=O) groups excluding carboxylic acids is 1. The largest absolute Gasteiger partial charge is 0.493 e. The Labute approximate surface area is 140 Å². The molecule has 0 saturated carbocycles. The minimum atomic E-state index is -0.214. The molecule has 1 amide bonds. The van der Waals surface area contributed by atoms with Crippen LogP contribution in [0.4, 0.5) is 5.82 Å². The lowest BCUT2D eigenvalue weighted by Gasteiger charge is -2.12. The number of anilines is 1. The number of aromatic nitrogens is 2. The highest BCUT2D eigenvalue weighted by Gasteiger charge is 2.14. The first-order chi connectivity index (χ1) is 11.8. The van der Waals surface area contributed by atoms with Crippen LogP contribution in [0.2, 0.25) is 0 Å². The number of ether oxygens (including phenoxy) is 1. The summed E-state index contributed by atoms with van der Waals surface area (Å²) >= 11 is 0. The average Bonchev–Trinajstić information content (AvgIpc) is 3.03. The van der Waals surface area contributed by atoms with Crippen molar-refractivity contribution in [2.75, 3.05) is 11.9 Å². The lowest BCUT2D eigenvalue weighted by molar-refractivity contribution is 0.102. The van der Waals surface area contributed by atoms with Crippen molar-refractivity contribution in [1.82, 2.24) is 9.78 Å². The molecule has 2 aromatic carbocycles. The molecular weight excluding hydrogens is 302 g/mol. The van der Waals surface area contributed by atoms with Crippen LogP contribution in [0.15, 0.2) is 66.9 Å². The number of hydrogen-bond acceptors (Lipinski definition) is 3. The molecule has 0 spiro atoms. The van der Waals surface area contributed by atoms with Crippen molar-refractivity contribution in [2.45, 2.75) is 13.5 Å². The van der Waals surface area contributed by atoms with Crippen molar-refractivity contribution in [3.63, 3.8) is 0 Å². The number of hydrogen-bond donors (Lipinski definition) is 1. The third-order valence-corrected chi connectivity index (χ3v) is 3.56. The predicted octanol–water partition coefficient (Wildman–Crippen LogP) is 3.58. The molecule has 5 heteroatoms. The zero-order chi connectivity index (χ0) is 16.8. The van der Waals surface area contributed by atoms with E-state index in [1.165, 1.54) is 0 Å². The van der Waals surface area contributed by atoms with Crippen LogP contribution in [-0.4, -0.2) is 22.3 Å². The molecule has 0 unspecified atom stereocenters. The van der Waals surface area contributed by atoms with Gasteiger partial charge in [-0.3, -0.25) is 4.79 Å². The molecule has 0 aliphatic heterocycles. The lowest BCUT2D eigenvalue weighted by Crippen LogP contribution is -2.17. The summed E-state index contributed by atoms with van der Waals surface area (Å²) in [6.45, 7) is 3.00. The highest BCUT2D eigenvalue weighted by molar-refractivity contribution is 6.05. The van der Waals surface area contributed by atoms with Crippen LogP contribution >= 0.6 is 0 Å². The molecule has 1 heterocycles. The molecule has 24 heavy (non-hydrogen) atoms. The van der Waals surface area contributed by atoms with Gasteiger partial charge in [0, 0.05) is 6.07 Å². The quantitative estimate of drug-likeness (QED) is 0.755. The van der Waals surface area contributed by atoms with Crippen molar-refractivity contribution >= 4 is 11.7 Å². The molecule has 0 bridgehead atoms. The van der Waals surface area contributed by atoms with Gasteiger partial charge in [0.25, 0.3) is 5.91 Å². The molecule has 0 aliphatic carbocycles. The molecular formula is C19H19N3O2. The summed E-state index contributed by atoms with van der Waals surface area (Å²) in [7, 11) is 0. The van der Waals surface area contributed by atoms with E-state index in [9.17, 15) is 4.79 Å². The zero-order valence-corrected chi connectivity index (χ0v) is 13.5. The summed E-state index contributed by atoms with van der Waals surface area (Å²) in [6.07, 6.45) is 1.67. The molecule has 0 saturated heterocycles. The van der Waals surface area contributed by atoms with E-state index in [-0.39, 0.29) is 5.91 Å². The average molecular weight is 321 g/mol. The Bertz CT molecular complexity index is 812. The fourth-order valence-corrected chi connectivity index (χ4v) is 2.44. The van der Waals surface area contributed by atoms with E-state index in [4.69, 9.17) is 4.74 Å². The predicted molar refractivity (Wildman–Crippen MR) is 93.3 cm³/mol. The van der Waals surface area contributed by atoms with Crippen LogP contribution in [0.3, 0.4) is 0 Å². The first-order valence-electron chi connectivity index (χ1n) is 7.87. The standard InChI is InChI=1S/C19H19N3O2/c1-2-24-17-11-7-6-10-16(17)19(23)21-18-12-13-20-22(18)14-15-8-4-3-5-9-15/h3-13H,2,14H2,1H3,(H,21,23). The summed E-state index contributed by atoms with van der Waals surface area (Å²) in [4.78, 5) is 12.6. The summed E-state index contributed by atoms with van der Waals surface area (Å²) in [5, 5.41) is 7.20. The monoisotopic (exact) mass is 321 g/mol. The Morgan fingerprint density at radius 3 is 2.62 bits per heavy atom. The Hall–Kier alpha value is -3.08. The number of nitrogens with zero attached hydrogens (tertiary/aromatic N) is 2. The van der Waals surface area contributed by atoms with Gasteiger partial charge in [-0.25, -0.2) is 4.68 Å². The van der Waals surface area contributed by atoms with Gasteiger partial charge < -0.3 is 10.1 Å². The number of nitrogens with one attached hydrogen (secondary N) is 1. The maximum absolute atomic E-state index is 12.6. The number of amides is 1. The van der Waals surface area contributed by atoms with Gasteiger partial charge in [-0.15, -0.1) is 0 Å². The first kappa shape index (κ1) is 15.8. The minimum absolute atomic E-state index is 0.214. The fourth-order valence-electron chi connectivity index (χ4n) is 2.44. The fraction of sp³-hybridized carbons (Fsp3) is 0.158. The van der Waals surface area contributed by atoms with Crippen molar-refractivity contribution in [2.24, 2.45) is 0 Å². The number of para-hydroxylation sites is 1. The topological polar surface area (TPSA) is 56.1 Å². The van der Waals surface area contributed by atoms with Gasteiger partial charge in [0.1, 0.15) is 11.6 Å². The van der Waals surface area contributed by atoms with Gasteiger partial charge in [-0.2, -0.15) is 5.10 Å². The van der Waals surface area contributed by atoms with E-state index in [1.807, 2.05) is 49.4 Å². The maximum atomic E-state index is 12.6. The molecule has 1 N–H and O–H groups in total. The third-order valence-electron chi connectivity index (χ3n) is 3.56. The Kier molecular flexibility index (Phi) is 4.91. The molecule has 1 aromatic heterocycles. The van der Waals surface area contributed by atoms with Crippen molar-refractivity contribution < 1.29 is 9.53 Å². The Morgan fingerprint density at radius 1 is 1.08 bits per heavy atom. The molecule has 5 nitrogen and oxygen atoms in total.